The Morgan fingerprint density at radius 3 is 2.88 bits per heavy atom. The van der Waals surface area contributed by atoms with E-state index in [-0.39, 0.29) is 12.6 Å². The van der Waals surface area contributed by atoms with Crippen molar-refractivity contribution in [3.8, 4) is 0 Å². The van der Waals surface area contributed by atoms with Crippen molar-refractivity contribution in [3.63, 3.8) is 0 Å². The molecule has 0 aromatic carbocycles. The zero-order valence-corrected chi connectivity index (χ0v) is 10.1. The van der Waals surface area contributed by atoms with Gasteiger partial charge in [-0.1, -0.05) is 12.8 Å². The number of nitrogens with one attached hydrogen (secondary N) is 1. The van der Waals surface area contributed by atoms with Gasteiger partial charge in [0.2, 0.25) is 0 Å². The Labute approximate surface area is 97.6 Å². The van der Waals surface area contributed by atoms with E-state index in [0.29, 0.717) is 23.5 Å². The average molecular weight is 225 g/mol. The lowest BCUT2D eigenvalue weighted by molar-refractivity contribution is -0.133. The standard InChI is InChI=1S/C13H23NO2/c1-9(8-15)14-11-10-4-7-16-12(10)13(11)5-2-3-6-13/h9-12,14-15H,2-8H2,1H3/t9-,10?,11?,12?/m1/s1. The van der Waals surface area contributed by atoms with Crippen LogP contribution < -0.4 is 5.32 Å². The van der Waals surface area contributed by atoms with Crippen molar-refractivity contribution in [2.45, 2.75) is 57.2 Å². The van der Waals surface area contributed by atoms with Gasteiger partial charge in [-0.05, 0) is 26.2 Å². The maximum absolute atomic E-state index is 9.18. The molecule has 3 unspecified atom stereocenters. The highest BCUT2D eigenvalue weighted by atomic mass is 16.5. The lowest BCUT2D eigenvalue weighted by atomic mass is 9.54. The summed E-state index contributed by atoms with van der Waals surface area (Å²) in [6.07, 6.45) is 7.10. The van der Waals surface area contributed by atoms with Crippen LogP contribution >= 0.6 is 0 Å². The predicted molar refractivity (Wildman–Crippen MR) is 62.2 cm³/mol. The largest absolute Gasteiger partial charge is 0.395 e. The number of aliphatic hydroxyl groups is 1. The van der Waals surface area contributed by atoms with Gasteiger partial charge >= 0.3 is 0 Å². The third-order valence-corrected chi connectivity index (χ3v) is 5.02. The topological polar surface area (TPSA) is 41.5 Å². The quantitative estimate of drug-likeness (QED) is 0.761. The van der Waals surface area contributed by atoms with E-state index in [4.69, 9.17) is 4.74 Å². The zero-order valence-electron chi connectivity index (χ0n) is 10.1. The molecule has 0 aromatic rings. The third kappa shape index (κ3) is 1.38. The summed E-state index contributed by atoms with van der Waals surface area (Å²) in [5.41, 5.74) is 0.421. The molecule has 1 heterocycles. The number of rotatable bonds is 3. The van der Waals surface area contributed by atoms with Gasteiger partial charge in [0.25, 0.3) is 0 Å². The first kappa shape index (κ1) is 11.0. The predicted octanol–water partition coefficient (Wildman–Crippen LogP) is 1.30. The first-order chi connectivity index (χ1) is 7.78. The van der Waals surface area contributed by atoms with Gasteiger partial charge in [0.15, 0.2) is 0 Å². The highest BCUT2D eigenvalue weighted by molar-refractivity contribution is 5.16. The Bertz CT molecular complexity index is 263. The average Bonchev–Trinajstić information content (AvgIpc) is 2.92. The van der Waals surface area contributed by atoms with Crippen molar-refractivity contribution < 1.29 is 9.84 Å². The molecule has 0 radical (unpaired) electrons. The van der Waals surface area contributed by atoms with Gasteiger partial charge in [-0.15, -0.1) is 0 Å². The molecule has 1 aliphatic heterocycles. The Morgan fingerprint density at radius 1 is 1.44 bits per heavy atom. The minimum atomic E-state index is 0.226. The van der Waals surface area contributed by atoms with Gasteiger partial charge in [-0.3, -0.25) is 0 Å². The molecule has 2 saturated carbocycles. The molecule has 0 bridgehead atoms. The third-order valence-electron chi connectivity index (χ3n) is 5.02. The van der Waals surface area contributed by atoms with Crippen LogP contribution in [0.5, 0.6) is 0 Å². The number of aliphatic hydroxyl groups excluding tert-OH is 1. The van der Waals surface area contributed by atoms with E-state index < -0.39 is 0 Å². The van der Waals surface area contributed by atoms with Crippen LogP contribution in [0.3, 0.4) is 0 Å². The highest BCUT2D eigenvalue weighted by Crippen LogP contribution is 2.60. The summed E-state index contributed by atoms with van der Waals surface area (Å²) in [6.45, 7) is 3.26. The molecule has 16 heavy (non-hydrogen) atoms. The normalized spacial score (nSPS) is 42.0. The molecule has 3 fully saturated rings. The van der Waals surface area contributed by atoms with E-state index in [9.17, 15) is 5.11 Å². The molecular weight excluding hydrogens is 202 g/mol. The number of ether oxygens (including phenoxy) is 1. The molecule has 1 saturated heterocycles. The van der Waals surface area contributed by atoms with E-state index in [2.05, 4.69) is 12.2 Å². The van der Waals surface area contributed by atoms with Gasteiger partial charge in [0.05, 0.1) is 12.7 Å². The van der Waals surface area contributed by atoms with E-state index in [1.54, 1.807) is 0 Å². The molecule has 3 heteroatoms. The second-order valence-electron chi connectivity index (χ2n) is 5.91. The highest BCUT2D eigenvalue weighted by Gasteiger charge is 2.64. The van der Waals surface area contributed by atoms with E-state index in [0.717, 1.165) is 6.61 Å². The number of hydrogen-bond donors (Lipinski definition) is 2. The molecule has 3 aliphatic rings. The summed E-state index contributed by atoms with van der Waals surface area (Å²) in [7, 11) is 0. The second-order valence-corrected chi connectivity index (χ2v) is 5.91. The summed E-state index contributed by atoms with van der Waals surface area (Å²) in [6, 6.07) is 0.827. The Hall–Kier alpha value is -0.120. The fourth-order valence-corrected chi connectivity index (χ4v) is 4.30. The Kier molecular flexibility index (Phi) is 2.73. The number of hydrogen-bond acceptors (Lipinski definition) is 3. The first-order valence-corrected chi connectivity index (χ1v) is 6.76. The molecular formula is C13H23NO2. The molecule has 92 valence electrons. The van der Waals surface area contributed by atoms with Gasteiger partial charge in [0.1, 0.15) is 0 Å². The smallest absolute Gasteiger partial charge is 0.0690 e. The van der Waals surface area contributed by atoms with Crippen LogP contribution in [0.2, 0.25) is 0 Å². The van der Waals surface area contributed by atoms with E-state index in [1.807, 2.05) is 0 Å². The zero-order chi connectivity index (χ0) is 11.2. The van der Waals surface area contributed by atoms with Gasteiger partial charge < -0.3 is 15.2 Å². The monoisotopic (exact) mass is 225 g/mol. The molecule has 3 rings (SSSR count). The molecule has 0 aromatic heterocycles. The van der Waals surface area contributed by atoms with Crippen molar-refractivity contribution in [1.29, 1.82) is 0 Å². The van der Waals surface area contributed by atoms with E-state index in [1.165, 1.54) is 32.1 Å². The number of fused-ring (bicyclic) bond motifs is 2. The Morgan fingerprint density at radius 2 is 2.19 bits per heavy atom. The van der Waals surface area contributed by atoms with Crippen molar-refractivity contribution in [1.82, 2.24) is 5.32 Å². The van der Waals surface area contributed by atoms with Crippen molar-refractivity contribution in [2.75, 3.05) is 13.2 Å². The van der Waals surface area contributed by atoms with Crippen LogP contribution in [-0.2, 0) is 4.74 Å². The maximum atomic E-state index is 9.18. The van der Waals surface area contributed by atoms with Crippen molar-refractivity contribution in [2.24, 2.45) is 11.3 Å². The summed E-state index contributed by atoms with van der Waals surface area (Å²) in [5.74, 6) is 0.715. The van der Waals surface area contributed by atoms with Crippen LogP contribution in [0.25, 0.3) is 0 Å². The first-order valence-electron chi connectivity index (χ1n) is 6.76. The molecule has 2 N–H and O–H groups in total. The second kappa shape index (κ2) is 3.97. The van der Waals surface area contributed by atoms with Crippen LogP contribution in [0.15, 0.2) is 0 Å². The molecule has 1 spiro atoms. The minimum Gasteiger partial charge on any atom is -0.395 e. The SMILES string of the molecule is C[C@H](CO)NC1C2CCOC2C12CCCC2. The summed E-state index contributed by atoms with van der Waals surface area (Å²) in [4.78, 5) is 0. The molecule has 3 nitrogen and oxygen atoms in total. The van der Waals surface area contributed by atoms with Crippen LogP contribution in [-0.4, -0.2) is 36.5 Å². The molecule has 0 amide bonds. The van der Waals surface area contributed by atoms with Crippen LogP contribution in [0.4, 0.5) is 0 Å². The van der Waals surface area contributed by atoms with Gasteiger partial charge in [-0.2, -0.15) is 0 Å². The summed E-state index contributed by atoms with van der Waals surface area (Å²) >= 11 is 0. The fraction of sp³-hybridized carbons (Fsp3) is 1.00. The summed E-state index contributed by atoms with van der Waals surface area (Å²) < 4.78 is 5.93. The van der Waals surface area contributed by atoms with Gasteiger partial charge in [-0.25, -0.2) is 0 Å². The van der Waals surface area contributed by atoms with Crippen LogP contribution in [0.1, 0.15) is 39.0 Å². The fourth-order valence-electron chi connectivity index (χ4n) is 4.30. The lowest BCUT2D eigenvalue weighted by Crippen LogP contribution is -2.68. The summed E-state index contributed by atoms with van der Waals surface area (Å²) in [5, 5.41) is 12.8. The lowest BCUT2D eigenvalue weighted by Gasteiger charge is -2.57. The van der Waals surface area contributed by atoms with E-state index >= 15 is 0 Å². The van der Waals surface area contributed by atoms with Crippen LogP contribution in [0, 0.1) is 11.3 Å². The Balaban J connectivity index is 1.74. The van der Waals surface area contributed by atoms with Crippen molar-refractivity contribution in [3.05, 3.63) is 0 Å². The van der Waals surface area contributed by atoms with Gasteiger partial charge in [0, 0.05) is 30.0 Å². The molecule has 4 atom stereocenters. The maximum Gasteiger partial charge on any atom is 0.0690 e. The molecule has 2 aliphatic carbocycles. The minimum absolute atomic E-state index is 0.226. The van der Waals surface area contributed by atoms with Crippen molar-refractivity contribution >= 4 is 0 Å².